The molecule has 4 aromatic rings. The number of furan rings is 1. The van der Waals surface area contributed by atoms with E-state index in [1.54, 1.807) is 0 Å². The zero-order valence-corrected chi connectivity index (χ0v) is 15.5. The molecular formula is C22H19N3O3. The Morgan fingerprint density at radius 1 is 0.893 bits per heavy atom. The molecular weight excluding hydrogens is 354 g/mol. The molecule has 140 valence electrons. The van der Waals surface area contributed by atoms with Crippen LogP contribution in [0.4, 0.5) is 6.01 Å². The van der Waals surface area contributed by atoms with E-state index in [2.05, 4.69) is 15.5 Å². The first kappa shape index (κ1) is 17.7. The van der Waals surface area contributed by atoms with Crippen LogP contribution in [0.3, 0.4) is 0 Å². The van der Waals surface area contributed by atoms with Crippen molar-refractivity contribution in [3.05, 3.63) is 89.4 Å². The molecule has 6 heteroatoms. The molecule has 0 radical (unpaired) electrons. The summed E-state index contributed by atoms with van der Waals surface area (Å²) in [6.45, 7) is 3.67. The molecule has 2 aromatic carbocycles. The third-order valence-corrected chi connectivity index (χ3v) is 4.45. The molecule has 1 N–H and O–H groups in total. The summed E-state index contributed by atoms with van der Waals surface area (Å²) in [7, 11) is 0. The summed E-state index contributed by atoms with van der Waals surface area (Å²) in [5.74, 6) is 1.01. The standard InChI is InChI=1S/C22H19N3O3/c1-14-13-18(15(2)27-14)21-24-25-22(28-21)23-20(26)19(16-9-5-3-6-10-16)17-11-7-4-8-12-17/h3-13,19H,1-2H3,(H,23,25,26). The van der Waals surface area contributed by atoms with E-state index in [4.69, 9.17) is 8.83 Å². The number of hydrogen-bond donors (Lipinski definition) is 1. The number of benzene rings is 2. The average molecular weight is 373 g/mol. The summed E-state index contributed by atoms with van der Waals surface area (Å²) in [6.07, 6.45) is 0. The Balaban J connectivity index is 1.61. The molecule has 2 heterocycles. The number of nitrogens with zero attached hydrogens (tertiary/aromatic N) is 2. The Kier molecular flexibility index (Phi) is 4.76. The van der Waals surface area contributed by atoms with Crippen molar-refractivity contribution < 1.29 is 13.6 Å². The van der Waals surface area contributed by atoms with Gasteiger partial charge in [0.15, 0.2) is 0 Å². The highest BCUT2D eigenvalue weighted by Gasteiger charge is 2.24. The molecule has 2 aromatic heterocycles. The largest absolute Gasteiger partial charge is 0.466 e. The molecule has 0 aliphatic heterocycles. The molecule has 0 unspecified atom stereocenters. The highest BCUT2D eigenvalue weighted by molar-refractivity contribution is 5.96. The van der Waals surface area contributed by atoms with Gasteiger partial charge in [0.25, 0.3) is 5.89 Å². The maximum atomic E-state index is 13.1. The van der Waals surface area contributed by atoms with Crippen molar-refractivity contribution in [3.63, 3.8) is 0 Å². The Morgan fingerprint density at radius 3 is 2.04 bits per heavy atom. The van der Waals surface area contributed by atoms with Crippen molar-refractivity contribution in [2.45, 2.75) is 19.8 Å². The number of aryl methyl sites for hydroxylation is 2. The fraction of sp³-hybridized carbons (Fsp3) is 0.136. The van der Waals surface area contributed by atoms with Crippen molar-refractivity contribution in [2.24, 2.45) is 0 Å². The third kappa shape index (κ3) is 3.57. The molecule has 0 aliphatic rings. The van der Waals surface area contributed by atoms with Gasteiger partial charge in [0.2, 0.25) is 5.91 Å². The topological polar surface area (TPSA) is 81.2 Å². The molecule has 28 heavy (non-hydrogen) atoms. The third-order valence-electron chi connectivity index (χ3n) is 4.45. The second-order valence-electron chi connectivity index (χ2n) is 6.48. The Morgan fingerprint density at radius 2 is 1.50 bits per heavy atom. The molecule has 0 saturated carbocycles. The second kappa shape index (κ2) is 7.52. The summed E-state index contributed by atoms with van der Waals surface area (Å²) in [4.78, 5) is 13.1. The average Bonchev–Trinajstić information content (AvgIpc) is 3.29. The number of rotatable bonds is 5. The van der Waals surface area contributed by atoms with Gasteiger partial charge in [0.05, 0.1) is 11.5 Å². The van der Waals surface area contributed by atoms with E-state index in [-0.39, 0.29) is 11.9 Å². The van der Waals surface area contributed by atoms with Crippen LogP contribution in [0.25, 0.3) is 11.5 Å². The van der Waals surface area contributed by atoms with Gasteiger partial charge in [-0.25, -0.2) is 0 Å². The van der Waals surface area contributed by atoms with Gasteiger partial charge < -0.3 is 8.83 Å². The van der Waals surface area contributed by atoms with Crippen molar-refractivity contribution >= 4 is 11.9 Å². The minimum atomic E-state index is -0.490. The molecule has 6 nitrogen and oxygen atoms in total. The van der Waals surface area contributed by atoms with Crippen LogP contribution < -0.4 is 5.32 Å². The van der Waals surface area contributed by atoms with Gasteiger partial charge in [0.1, 0.15) is 11.5 Å². The SMILES string of the molecule is Cc1cc(-c2nnc(NC(=O)C(c3ccccc3)c3ccccc3)o2)c(C)o1. The van der Waals surface area contributed by atoms with Gasteiger partial charge in [-0.15, -0.1) is 5.10 Å². The smallest absolute Gasteiger partial charge is 0.322 e. The molecule has 1 amide bonds. The van der Waals surface area contributed by atoms with Gasteiger partial charge >= 0.3 is 6.01 Å². The normalized spacial score (nSPS) is 11.0. The van der Waals surface area contributed by atoms with Crippen LogP contribution >= 0.6 is 0 Å². The first-order valence-electron chi connectivity index (χ1n) is 8.93. The van der Waals surface area contributed by atoms with Crippen molar-refractivity contribution in [1.29, 1.82) is 0 Å². The van der Waals surface area contributed by atoms with Crippen LogP contribution in [0.2, 0.25) is 0 Å². The summed E-state index contributed by atoms with van der Waals surface area (Å²) in [5.41, 5.74) is 2.48. The molecule has 0 atom stereocenters. The second-order valence-corrected chi connectivity index (χ2v) is 6.48. The first-order chi connectivity index (χ1) is 13.6. The monoisotopic (exact) mass is 373 g/mol. The van der Waals surface area contributed by atoms with Crippen LogP contribution in [0.15, 0.2) is 75.6 Å². The van der Waals surface area contributed by atoms with E-state index in [0.717, 1.165) is 16.9 Å². The maximum absolute atomic E-state index is 13.1. The zero-order chi connectivity index (χ0) is 19.5. The van der Waals surface area contributed by atoms with E-state index in [0.29, 0.717) is 17.2 Å². The molecule has 0 spiro atoms. The summed E-state index contributed by atoms with van der Waals surface area (Å²) >= 11 is 0. The van der Waals surface area contributed by atoms with E-state index < -0.39 is 5.92 Å². The highest BCUT2D eigenvalue weighted by Crippen LogP contribution is 2.29. The molecule has 0 fully saturated rings. The highest BCUT2D eigenvalue weighted by atomic mass is 16.4. The maximum Gasteiger partial charge on any atom is 0.322 e. The van der Waals surface area contributed by atoms with Crippen LogP contribution in [-0.4, -0.2) is 16.1 Å². The Hall–Kier alpha value is -3.67. The van der Waals surface area contributed by atoms with Crippen molar-refractivity contribution in [3.8, 4) is 11.5 Å². The van der Waals surface area contributed by atoms with Crippen molar-refractivity contribution in [1.82, 2.24) is 10.2 Å². The Bertz CT molecular complexity index is 1050. The van der Waals surface area contributed by atoms with Gasteiger partial charge in [-0.3, -0.25) is 10.1 Å². The number of aromatic nitrogens is 2. The fourth-order valence-corrected chi connectivity index (χ4v) is 3.19. The zero-order valence-electron chi connectivity index (χ0n) is 15.5. The molecule has 4 rings (SSSR count). The fourth-order valence-electron chi connectivity index (χ4n) is 3.19. The predicted octanol–water partition coefficient (Wildman–Crippen LogP) is 4.72. The minimum absolute atomic E-state index is 0.0510. The van der Waals surface area contributed by atoms with E-state index >= 15 is 0 Å². The van der Waals surface area contributed by atoms with E-state index in [9.17, 15) is 4.79 Å². The van der Waals surface area contributed by atoms with Gasteiger partial charge in [-0.2, -0.15) is 0 Å². The van der Waals surface area contributed by atoms with Crippen molar-refractivity contribution in [2.75, 3.05) is 5.32 Å². The van der Waals surface area contributed by atoms with Gasteiger partial charge in [-0.05, 0) is 31.0 Å². The lowest BCUT2D eigenvalue weighted by molar-refractivity contribution is -0.116. The quantitative estimate of drug-likeness (QED) is 0.547. The first-order valence-corrected chi connectivity index (χ1v) is 8.93. The minimum Gasteiger partial charge on any atom is -0.466 e. The van der Waals surface area contributed by atoms with E-state index in [1.165, 1.54) is 0 Å². The van der Waals surface area contributed by atoms with Crippen LogP contribution in [-0.2, 0) is 4.79 Å². The number of carbonyl (C=O) groups excluding carboxylic acids is 1. The summed E-state index contributed by atoms with van der Waals surface area (Å²) in [6, 6.07) is 21.1. The van der Waals surface area contributed by atoms with E-state index in [1.807, 2.05) is 80.6 Å². The predicted molar refractivity (Wildman–Crippen MR) is 105 cm³/mol. The molecule has 0 aliphatic carbocycles. The molecule has 0 bridgehead atoms. The van der Waals surface area contributed by atoms with Crippen LogP contribution in [0.1, 0.15) is 28.6 Å². The lowest BCUT2D eigenvalue weighted by atomic mass is 9.90. The van der Waals surface area contributed by atoms with Gasteiger partial charge in [-0.1, -0.05) is 65.8 Å². The number of anilines is 1. The summed E-state index contributed by atoms with van der Waals surface area (Å²) in [5, 5.41) is 10.7. The molecule has 0 saturated heterocycles. The van der Waals surface area contributed by atoms with Crippen LogP contribution in [0.5, 0.6) is 0 Å². The van der Waals surface area contributed by atoms with Gasteiger partial charge in [0, 0.05) is 0 Å². The lowest BCUT2D eigenvalue weighted by Gasteiger charge is -2.16. The number of nitrogens with one attached hydrogen (secondary N) is 1. The Labute approximate surface area is 162 Å². The number of hydrogen-bond acceptors (Lipinski definition) is 5. The summed E-state index contributed by atoms with van der Waals surface area (Å²) < 4.78 is 11.1. The number of amides is 1. The number of carbonyl (C=O) groups is 1. The lowest BCUT2D eigenvalue weighted by Crippen LogP contribution is -2.22. The van der Waals surface area contributed by atoms with Crippen LogP contribution in [0, 0.1) is 13.8 Å².